The van der Waals surface area contributed by atoms with Crippen LogP contribution in [0, 0.1) is 0 Å². The van der Waals surface area contributed by atoms with Crippen molar-refractivity contribution in [2.45, 2.75) is 39.3 Å². The number of halogens is 1. The summed E-state index contributed by atoms with van der Waals surface area (Å²) in [6.07, 6.45) is 6.90. The fourth-order valence-electron chi connectivity index (χ4n) is 3.25. The second-order valence-electron chi connectivity index (χ2n) is 6.84. The third-order valence-corrected chi connectivity index (χ3v) is 5.26. The summed E-state index contributed by atoms with van der Waals surface area (Å²) < 4.78 is 4.00. The number of tetrazole rings is 1. The molecule has 0 unspecified atom stereocenters. The predicted octanol–water partition coefficient (Wildman–Crippen LogP) is 3.39. The molecule has 2 N–H and O–H groups in total. The summed E-state index contributed by atoms with van der Waals surface area (Å²) >= 11 is 6.45. The lowest BCUT2D eigenvalue weighted by Crippen LogP contribution is -2.06. The standard InChI is InChI=1S/C20H22ClN7O/c1-2-3-4-18-22-17(13-29)19(21)28(18)11-14-5-7-16(8-6-14)27-10-9-15(12-27)20-23-25-26-24-20/h5-10,12,29H,2-4,11,13H2,1H3,(H,23,24,25,26). The van der Waals surface area contributed by atoms with E-state index in [1.54, 1.807) is 0 Å². The van der Waals surface area contributed by atoms with Crippen molar-refractivity contribution >= 4 is 11.6 Å². The van der Waals surface area contributed by atoms with Crippen molar-refractivity contribution in [2.75, 3.05) is 0 Å². The van der Waals surface area contributed by atoms with Crippen LogP contribution in [0.2, 0.25) is 5.15 Å². The first-order valence-corrected chi connectivity index (χ1v) is 9.93. The maximum atomic E-state index is 9.50. The van der Waals surface area contributed by atoms with Gasteiger partial charge in [-0.25, -0.2) is 10.1 Å². The van der Waals surface area contributed by atoms with E-state index in [-0.39, 0.29) is 6.61 Å². The molecule has 0 saturated carbocycles. The molecule has 0 fully saturated rings. The number of aryl methyl sites for hydroxylation is 1. The van der Waals surface area contributed by atoms with Crippen LogP contribution < -0.4 is 0 Å². The molecule has 0 spiro atoms. The largest absolute Gasteiger partial charge is 0.390 e. The maximum Gasteiger partial charge on any atom is 0.180 e. The van der Waals surface area contributed by atoms with Gasteiger partial charge in [0, 0.05) is 30.1 Å². The molecule has 0 aliphatic carbocycles. The molecule has 0 saturated heterocycles. The molecule has 29 heavy (non-hydrogen) atoms. The molecule has 4 rings (SSSR count). The van der Waals surface area contributed by atoms with Gasteiger partial charge in [-0.05, 0) is 40.6 Å². The molecule has 3 aromatic heterocycles. The molecule has 0 aliphatic rings. The number of hydrogen-bond donors (Lipinski definition) is 2. The smallest absolute Gasteiger partial charge is 0.180 e. The Balaban J connectivity index is 1.54. The number of nitrogens with one attached hydrogen (secondary N) is 1. The fraction of sp³-hybridized carbons (Fsp3) is 0.300. The number of aromatic amines is 1. The number of H-pyrrole nitrogens is 1. The normalized spacial score (nSPS) is 11.3. The number of aliphatic hydroxyl groups excluding tert-OH is 1. The third-order valence-electron chi connectivity index (χ3n) is 4.84. The van der Waals surface area contributed by atoms with Crippen LogP contribution in [0.5, 0.6) is 0 Å². The van der Waals surface area contributed by atoms with Gasteiger partial charge in [0.2, 0.25) is 0 Å². The molecule has 9 heteroatoms. The Morgan fingerprint density at radius 1 is 1.17 bits per heavy atom. The highest BCUT2D eigenvalue weighted by Crippen LogP contribution is 2.23. The van der Waals surface area contributed by atoms with Gasteiger partial charge in [0.1, 0.15) is 16.7 Å². The Morgan fingerprint density at radius 3 is 2.69 bits per heavy atom. The lowest BCUT2D eigenvalue weighted by Gasteiger charge is -2.10. The van der Waals surface area contributed by atoms with Crippen molar-refractivity contribution in [3.05, 3.63) is 65.0 Å². The van der Waals surface area contributed by atoms with E-state index in [4.69, 9.17) is 11.6 Å². The summed E-state index contributed by atoms with van der Waals surface area (Å²) in [5.41, 5.74) is 3.60. The molecule has 0 aliphatic heterocycles. The second kappa shape index (κ2) is 8.59. The van der Waals surface area contributed by atoms with Gasteiger partial charge < -0.3 is 14.2 Å². The van der Waals surface area contributed by atoms with Crippen LogP contribution in [0.1, 0.15) is 36.8 Å². The molecule has 0 atom stereocenters. The highest BCUT2D eigenvalue weighted by Gasteiger charge is 2.15. The van der Waals surface area contributed by atoms with Crippen LogP contribution in [0.15, 0.2) is 42.7 Å². The average molecular weight is 412 g/mol. The molecule has 8 nitrogen and oxygen atoms in total. The van der Waals surface area contributed by atoms with Crippen LogP contribution in [0.4, 0.5) is 0 Å². The van der Waals surface area contributed by atoms with Gasteiger partial charge in [-0.2, -0.15) is 0 Å². The third kappa shape index (κ3) is 4.08. The Kier molecular flexibility index (Phi) is 5.73. The molecule has 3 heterocycles. The summed E-state index contributed by atoms with van der Waals surface area (Å²) in [6, 6.07) is 10.2. The summed E-state index contributed by atoms with van der Waals surface area (Å²) in [5.74, 6) is 1.55. The summed E-state index contributed by atoms with van der Waals surface area (Å²) in [4.78, 5) is 4.51. The zero-order chi connectivity index (χ0) is 20.2. The number of aliphatic hydroxyl groups is 1. The number of nitrogens with zero attached hydrogens (tertiary/aromatic N) is 6. The van der Waals surface area contributed by atoms with Crippen molar-refractivity contribution in [1.29, 1.82) is 0 Å². The van der Waals surface area contributed by atoms with Crippen LogP contribution in [0.3, 0.4) is 0 Å². The SMILES string of the molecule is CCCCc1nc(CO)c(Cl)n1Cc1ccc(-n2ccc(-c3nnn[nH]3)c2)cc1. The second-order valence-corrected chi connectivity index (χ2v) is 7.20. The minimum absolute atomic E-state index is 0.152. The van der Waals surface area contributed by atoms with E-state index >= 15 is 0 Å². The molecule has 1 aromatic carbocycles. The first-order valence-electron chi connectivity index (χ1n) is 9.55. The van der Waals surface area contributed by atoms with Crippen LogP contribution in [0.25, 0.3) is 17.1 Å². The number of rotatable bonds is 8. The first kappa shape index (κ1) is 19.4. The zero-order valence-corrected chi connectivity index (χ0v) is 16.8. The fourth-order valence-corrected chi connectivity index (χ4v) is 3.51. The van der Waals surface area contributed by atoms with Gasteiger partial charge in [-0.3, -0.25) is 0 Å². The Morgan fingerprint density at radius 2 is 2.00 bits per heavy atom. The van der Waals surface area contributed by atoms with E-state index in [1.807, 2.05) is 27.6 Å². The lowest BCUT2D eigenvalue weighted by molar-refractivity contribution is 0.277. The Bertz CT molecular complexity index is 1070. The topological polar surface area (TPSA) is 97.4 Å². The number of benzene rings is 1. The van der Waals surface area contributed by atoms with Crippen molar-refractivity contribution < 1.29 is 5.11 Å². The maximum absolute atomic E-state index is 9.50. The molecule has 150 valence electrons. The minimum Gasteiger partial charge on any atom is -0.390 e. The molecular weight excluding hydrogens is 390 g/mol. The average Bonchev–Trinajstić information content (AvgIpc) is 3.49. The molecule has 0 radical (unpaired) electrons. The molecular formula is C20H22ClN7O. The van der Waals surface area contributed by atoms with Gasteiger partial charge in [0.25, 0.3) is 0 Å². The number of aromatic nitrogens is 7. The van der Waals surface area contributed by atoms with Gasteiger partial charge >= 0.3 is 0 Å². The monoisotopic (exact) mass is 411 g/mol. The van der Waals surface area contributed by atoms with E-state index in [0.29, 0.717) is 23.2 Å². The van der Waals surface area contributed by atoms with E-state index in [0.717, 1.165) is 41.9 Å². The van der Waals surface area contributed by atoms with Gasteiger partial charge in [-0.1, -0.05) is 37.1 Å². The molecule has 4 aromatic rings. The highest BCUT2D eigenvalue weighted by atomic mass is 35.5. The first-order chi connectivity index (χ1) is 14.2. The van der Waals surface area contributed by atoms with Crippen molar-refractivity contribution in [2.24, 2.45) is 0 Å². The van der Waals surface area contributed by atoms with Crippen LogP contribution >= 0.6 is 11.6 Å². The minimum atomic E-state index is -0.152. The van der Waals surface area contributed by atoms with Crippen molar-refractivity contribution in [1.82, 2.24) is 34.7 Å². The van der Waals surface area contributed by atoms with Crippen molar-refractivity contribution in [3.8, 4) is 17.1 Å². The van der Waals surface area contributed by atoms with Crippen LogP contribution in [-0.2, 0) is 19.6 Å². The highest BCUT2D eigenvalue weighted by molar-refractivity contribution is 6.30. The number of unbranched alkanes of at least 4 members (excludes halogenated alkanes) is 1. The lowest BCUT2D eigenvalue weighted by atomic mass is 10.2. The zero-order valence-electron chi connectivity index (χ0n) is 16.1. The summed E-state index contributed by atoms with van der Waals surface area (Å²) in [7, 11) is 0. The van der Waals surface area contributed by atoms with E-state index in [2.05, 4.69) is 56.8 Å². The van der Waals surface area contributed by atoms with Gasteiger partial charge in [-0.15, -0.1) is 5.10 Å². The summed E-state index contributed by atoms with van der Waals surface area (Å²) in [6.45, 7) is 2.61. The number of hydrogen-bond acceptors (Lipinski definition) is 5. The van der Waals surface area contributed by atoms with Crippen LogP contribution in [-0.4, -0.2) is 39.8 Å². The number of imidazole rings is 1. The Hall–Kier alpha value is -2.97. The molecule has 0 bridgehead atoms. The predicted molar refractivity (Wildman–Crippen MR) is 110 cm³/mol. The molecule has 0 amide bonds. The van der Waals surface area contributed by atoms with E-state index < -0.39 is 0 Å². The van der Waals surface area contributed by atoms with Gasteiger partial charge in [0.05, 0.1) is 13.2 Å². The van der Waals surface area contributed by atoms with E-state index in [9.17, 15) is 5.11 Å². The van der Waals surface area contributed by atoms with E-state index in [1.165, 1.54) is 0 Å². The summed E-state index contributed by atoms with van der Waals surface area (Å²) in [5, 5.41) is 23.9. The quantitative estimate of drug-likeness (QED) is 0.463. The Labute approximate surface area is 173 Å². The van der Waals surface area contributed by atoms with Crippen molar-refractivity contribution in [3.63, 3.8) is 0 Å². The van der Waals surface area contributed by atoms with Gasteiger partial charge in [0.15, 0.2) is 5.82 Å².